The van der Waals surface area contributed by atoms with Crippen LogP contribution in [0.25, 0.3) is 0 Å². The van der Waals surface area contributed by atoms with Crippen LogP contribution in [0.4, 0.5) is 11.4 Å². The summed E-state index contributed by atoms with van der Waals surface area (Å²) in [6, 6.07) is 13.1. The highest BCUT2D eigenvalue weighted by Gasteiger charge is 2.25. The first-order valence-electron chi connectivity index (χ1n) is 6.62. The summed E-state index contributed by atoms with van der Waals surface area (Å²) in [6.45, 7) is 0.695. The van der Waals surface area contributed by atoms with E-state index < -0.39 is 0 Å². The van der Waals surface area contributed by atoms with Crippen LogP contribution in [0.15, 0.2) is 42.5 Å². The second kappa shape index (κ2) is 5.17. The molecular formula is C16H15ClN2O. The van der Waals surface area contributed by atoms with Crippen molar-refractivity contribution in [3.05, 3.63) is 58.6 Å². The second-order valence-electron chi connectivity index (χ2n) is 4.89. The van der Waals surface area contributed by atoms with Gasteiger partial charge in [-0.05, 0) is 36.6 Å². The lowest BCUT2D eigenvalue weighted by Crippen LogP contribution is -2.36. The highest BCUT2D eigenvalue weighted by molar-refractivity contribution is 6.35. The number of rotatable bonds is 1. The Morgan fingerprint density at radius 1 is 1.15 bits per heavy atom. The van der Waals surface area contributed by atoms with Crippen molar-refractivity contribution >= 4 is 28.9 Å². The maximum atomic E-state index is 12.8. The van der Waals surface area contributed by atoms with Crippen LogP contribution in [0.2, 0.25) is 5.02 Å². The van der Waals surface area contributed by atoms with Crippen molar-refractivity contribution in [2.45, 2.75) is 12.8 Å². The molecule has 2 aromatic carbocycles. The highest BCUT2D eigenvalue weighted by Crippen LogP contribution is 2.31. The molecular weight excluding hydrogens is 272 g/mol. The van der Waals surface area contributed by atoms with Crippen LogP contribution >= 0.6 is 11.6 Å². The van der Waals surface area contributed by atoms with E-state index in [0.29, 0.717) is 22.8 Å². The molecule has 2 N–H and O–H groups in total. The maximum Gasteiger partial charge on any atom is 0.261 e. The number of aryl methyl sites for hydroxylation is 1. The van der Waals surface area contributed by atoms with Crippen molar-refractivity contribution in [3.63, 3.8) is 0 Å². The molecule has 0 fully saturated rings. The number of nitrogens with zero attached hydrogens (tertiary/aromatic N) is 1. The zero-order valence-electron chi connectivity index (χ0n) is 11.0. The SMILES string of the molecule is Nc1cccc(Cl)c1C(=O)N1CCCc2ccccc21. The Morgan fingerprint density at radius 3 is 2.75 bits per heavy atom. The molecule has 0 radical (unpaired) electrons. The van der Waals surface area contributed by atoms with Crippen LogP contribution in [0.5, 0.6) is 0 Å². The first kappa shape index (κ1) is 13.0. The van der Waals surface area contributed by atoms with Crippen molar-refractivity contribution < 1.29 is 4.79 Å². The number of hydrogen-bond acceptors (Lipinski definition) is 2. The molecule has 0 saturated carbocycles. The Bertz CT molecular complexity index is 649. The topological polar surface area (TPSA) is 46.3 Å². The van der Waals surface area contributed by atoms with Gasteiger partial charge in [-0.1, -0.05) is 35.9 Å². The number of nitrogens with two attached hydrogens (primary N) is 1. The Hall–Kier alpha value is -2.00. The van der Waals surface area contributed by atoms with Crippen LogP contribution < -0.4 is 10.6 Å². The van der Waals surface area contributed by atoms with Gasteiger partial charge in [-0.25, -0.2) is 0 Å². The van der Waals surface area contributed by atoms with Gasteiger partial charge in [0.1, 0.15) is 0 Å². The molecule has 0 spiro atoms. The summed E-state index contributed by atoms with van der Waals surface area (Å²) < 4.78 is 0. The van der Waals surface area contributed by atoms with Crippen LogP contribution in [-0.4, -0.2) is 12.5 Å². The van der Waals surface area contributed by atoms with Crippen molar-refractivity contribution in [3.8, 4) is 0 Å². The average Bonchev–Trinajstić information content (AvgIpc) is 2.46. The molecule has 2 aromatic rings. The third kappa shape index (κ3) is 2.14. The molecule has 1 aliphatic heterocycles. The zero-order valence-corrected chi connectivity index (χ0v) is 11.7. The monoisotopic (exact) mass is 286 g/mol. The summed E-state index contributed by atoms with van der Waals surface area (Å²) in [4.78, 5) is 14.5. The summed E-state index contributed by atoms with van der Waals surface area (Å²) in [7, 11) is 0. The Labute approximate surface area is 123 Å². The summed E-state index contributed by atoms with van der Waals surface area (Å²) in [6.07, 6.45) is 1.95. The molecule has 0 atom stereocenters. The average molecular weight is 287 g/mol. The number of para-hydroxylation sites is 1. The van der Waals surface area contributed by atoms with Gasteiger partial charge in [0.25, 0.3) is 5.91 Å². The lowest BCUT2D eigenvalue weighted by atomic mass is 10.0. The fourth-order valence-electron chi connectivity index (χ4n) is 2.65. The van der Waals surface area contributed by atoms with E-state index in [0.717, 1.165) is 18.5 Å². The van der Waals surface area contributed by atoms with Crippen LogP contribution in [-0.2, 0) is 6.42 Å². The van der Waals surface area contributed by atoms with E-state index >= 15 is 0 Å². The summed E-state index contributed by atoms with van der Waals surface area (Å²) in [5, 5.41) is 0.401. The smallest absolute Gasteiger partial charge is 0.261 e. The summed E-state index contributed by atoms with van der Waals surface area (Å²) >= 11 is 6.14. The summed E-state index contributed by atoms with van der Waals surface area (Å²) in [5.41, 5.74) is 8.89. The van der Waals surface area contributed by atoms with Gasteiger partial charge in [-0.2, -0.15) is 0 Å². The van der Waals surface area contributed by atoms with Gasteiger partial charge in [0, 0.05) is 17.9 Å². The van der Waals surface area contributed by atoms with Crippen LogP contribution in [0.1, 0.15) is 22.3 Å². The van der Waals surface area contributed by atoms with Gasteiger partial charge in [-0.15, -0.1) is 0 Å². The van der Waals surface area contributed by atoms with Crippen molar-refractivity contribution in [2.24, 2.45) is 0 Å². The van der Waals surface area contributed by atoms with Gasteiger partial charge >= 0.3 is 0 Å². The molecule has 0 aromatic heterocycles. The van der Waals surface area contributed by atoms with E-state index in [1.54, 1.807) is 23.1 Å². The van der Waals surface area contributed by atoms with Crippen molar-refractivity contribution in [1.29, 1.82) is 0 Å². The van der Waals surface area contributed by atoms with Gasteiger partial charge in [-0.3, -0.25) is 4.79 Å². The maximum absolute atomic E-state index is 12.8. The van der Waals surface area contributed by atoms with Crippen molar-refractivity contribution in [1.82, 2.24) is 0 Å². The third-order valence-electron chi connectivity index (χ3n) is 3.62. The largest absolute Gasteiger partial charge is 0.398 e. The van der Waals surface area contributed by atoms with E-state index in [9.17, 15) is 4.79 Å². The predicted molar refractivity (Wildman–Crippen MR) is 82.3 cm³/mol. The minimum atomic E-state index is -0.125. The molecule has 4 heteroatoms. The van der Waals surface area contributed by atoms with E-state index in [4.69, 9.17) is 17.3 Å². The fraction of sp³-hybridized carbons (Fsp3) is 0.188. The number of carbonyl (C=O) groups excluding carboxylic acids is 1. The minimum Gasteiger partial charge on any atom is -0.398 e. The molecule has 1 heterocycles. The van der Waals surface area contributed by atoms with Gasteiger partial charge in [0.2, 0.25) is 0 Å². The molecule has 3 rings (SSSR count). The first-order valence-corrected chi connectivity index (χ1v) is 7.00. The molecule has 0 bridgehead atoms. The van der Waals surface area contributed by atoms with Gasteiger partial charge in [0.05, 0.1) is 10.6 Å². The quantitative estimate of drug-likeness (QED) is 0.816. The number of hydrogen-bond donors (Lipinski definition) is 1. The highest BCUT2D eigenvalue weighted by atomic mass is 35.5. The fourth-order valence-corrected chi connectivity index (χ4v) is 2.91. The number of fused-ring (bicyclic) bond motifs is 1. The lowest BCUT2D eigenvalue weighted by molar-refractivity contribution is 0.0986. The molecule has 0 unspecified atom stereocenters. The number of halogens is 1. The molecule has 0 aliphatic carbocycles. The van der Waals surface area contributed by atoms with Crippen molar-refractivity contribution in [2.75, 3.05) is 17.2 Å². The number of carbonyl (C=O) groups is 1. The number of anilines is 2. The Kier molecular flexibility index (Phi) is 3.36. The number of amides is 1. The van der Waals surface area contributed by atoms with Gasteiger partial charge in [0.15, 0.2) is 0 Å². The molecule has 0 saturated heterocycles. The van der Waals surface area contributed by atoms with E-state index in [1.165, 1.54) is 5.56 Å². The normalized spacial score (nSPS) is 13.9. The van der Waals surface area contributed by atoms with E-state index in [1.807, 2.05) is 18.2 Å². The molecule has 3 nitrogen and oxygen atoms in total. The number of nitrogen functional groups attached to an aromatic ring is 1. The Morgan fingerprint density at radius 2 is 1.95 bits per heavy atom. The standard InChI is InChI=1S/C16H15ClN2O/c17-12-7-3-8-13(18)15(12)16(20)19-10-4-6-11-5-1-2-9-14(11)19/h1-3,5,7-9H,4,6,10,18H2. The first-order chi connectivity index (χ1) is 9.68. The minimum absolute atomic E-state index is 0.125. The molecule has 102 valence electrons. The van der Waals surface area contributed by atoms with Crippen LogP contribution in [0.3, 0.4) is 0 Å². The van der Waals surface area contributed by atoms with Crippen LogP contribution in [0, 0.1) is 0 Å². The second-order valence-corrected chi connectivity index (χ2v) is 5.30. The molecule has 20 heavy (non-hydrogen) atoms. The summed E-state index contributed by atoms with van der Waals surface area (Å²) in [5.74, 6) is -0.125. The zero-order chi connectivity index (χ0) is 14.1. The predicted octanol–water partition coefficient (Wildman–Crippen LogP) is 3.52. The van der Waals surface area contributed by atoms with E-state index in [2.05, 4.69) is 6.07 Å². The van der Waals surface area contributed by atoms with Gasteiger partial charge < -0.3 is 10.6 Å². The number of benzene rings is 2. The molecule has 1 aliphatic rings. The Balaban J connectivity index is 2.05. The van der Waals surface area contributed by atoms with E-state index in [-0.39, 0.29) is 5.91 Å². The lowest BCUT2D eigenvalue weighted by Gasteiger charge is -2.30. The molecule has 1 amide bonds. The third-order valence-corrected chi connectivity index (χ3v) is 3.93.